The third kappa shape index (κ3) is 3.18. The second-order valence-corrected chi connectivity index (χ2v) is 5.83. The number of alkyl halides is 1. The zero-order valence-corrected chi connectivity index (χ0v) is 11.5. The summed E-state index contributed by atoms with van der Waals surface area (Å²) in [5.41, 5.74) is -0.117. The molecule has 1 aromatic carbocycles. The maximum atomic E-state index is 12.0. The number of halogens is 1. The van der Waals surface area contributed by atoms with Gasteiger partial charge in [0.2, 0.25) is 10.0 Å². The molecule has 100 valence electrons. The number of hydrogen-bond acceptors (Lipinski definition) is 4. The highest BCUT2D eigenvalue weighted by Gasteiger charge is 2.23. The van der Waals surface area contributed by atoms with Crippen molar-refractivity contribution in [3.63, 3.8) is 0 Å². The van der Waals surface area contributed by atoms with Crippen molar-refractivity contribution < 1.29 is 13.3 Å². The van der Waals surface area contributed by atoms with Gasteiger partial charge in [-0.25, -0.2) is 13.1 Å². The molecular formula is C10H13ClN2O4S. The fraction of sp³-hybridized carbons (Fsp3) is 0.400. The van der Waals surface area contributed by atoms with E-state index in [-0.39, 0.29) is 22.0 Å². The number of sulfonamides is 1. The van der Waals surface area contributed by atoms with Crippen LogP contribution in [0.1, 0.15) is 12.5 Å². The average Bonchev–Trinajstić information content (AvgIpc) is 2.27. The zero-order chi connectivity index (χ0) is 13.9. The van der Waals surface area contributed by atoms with Crippen LogP contribution >= 0.6 is 11.6 Å². The number of rotatable bonds is 5. The number of hydrogen-bond donors (Lipinski definition) is 1. The average molecular weight is 293 g/mol. The molecule has 6 nitrogen and oxygen atoms in total. The van der Waals surface area contributed by atoms with Crippen molar-refractivity contribution in [1.29, 1.82) is 0 Å². The molecule has 1 N–H and O–H groups in total. The molecule has 1 aromatic rings. The summed E-state index contributed by atoms with van der Waals surface area (Å²) >= 11 is 5.53. The van der Waals surface area contributed by atoms with Crippen molar-refractivity contribution in [3.8, 4) is 0 Å². The SMILES string of the molecule is Cc1c([N+](=O)[O-])cccc1S(=O)(=O)NC(C)CCl. The molecule has 0 aliphatic carbocycles. The van der Waals surface area contributed by atoms with E-state index in [1.54, 1.807) is 6.92 Å². The highest BCUT2D eigenvalue weighted by molar-refractivity contribution is 7.89. The molecule has 0 fully saturated rings. The molecule has 0 amide bonds. The second kappa shape index (κ2) is 5.64. The van der Waals surface area contributed by atoms with Crippen LogP contribution in [0.2, 0.25) is 0 Å². The van der Waals surface area contributed by atoms with Gasteiger partial charge in [-0.3, -0.25) is 10.1 Å². The molecule has 8 heteroatoms. The summed E-state index contributed by atoms with van der Waals surface area (Å²) in [6, 6.07) is 3.48. The molecule has 0 aliphatic heterocycles. The van der Waals surface area contributed by atoms with E-state index in [4.69, 9.17) is 11.6 Å². The van der Waals surface area contributed by atoms with Crippen molar-refractivity contribution >= 4 is 27.3 Å². The van der Waals surface area contributed by atoms with Crippen LogP contribution in [0.3, 0.4) is 0 Å². The molecule has 18 heavy (non-hydrogen) atoms. The summed E-state index contributed by atoms with van der Waals surface area (Å²) in [6.07, 6.45) is 0. The first kappa shape index (κ1) is 14.9. The summed E-state index contributed by atoms with van der Waals surface area (Å²) in [5.74, 6) is 0.118. The molecule has 1 atom stereocenters. The van der Waals surface area contributed by atoms with E-state index >= 15 is 0 Å². The highest BCUT2D eigenvalue weighted by Crippen LogP contribution is 2.24. The fourth-order valence-corrected chi connectivity index (χ4v) is 3.13. The topological polar surface area (TPSA) is 89.3 Å². The molecule has 0 aliphatic rings. The maximum absolute atomic E-state index is 12.0. The lowest BCUT2D eigenvalue weighted by Crippen LogP contribution is -2.34. The van der Waals surface area contributed by atoms with Crippen molar-refractivity contribution in [2.45, 2.75) is 24.8 Å². The lowest BCUT2D eigenvalue weighted by molar-refractivity contribution is -0.385. The summed E-state index contributed by atoms with van der Waals surface area (Å²) in [6.45, 7) is 3.01. The van der Waals surface area contributed by atoms with Crippen LogP contribution in [0, 0.1) is 17.0 Å². The first-order valence-corrected chi connectivity index (χ1v) is 7.13. The van der Waals surface area contributed by atoms with Gasteiger partial charge in [-0.1, -0.05) is 6.07 Å². The number of nitrogens with one attached hydrogen (secondary N) is 1. The lowest BCUT2D eigenvalue weighted by Gasteiger charge is -2.12. The maximum Gasteiger partial charge on any atom is 0.273 e. The Morgan fingerprint density at radius 2 is 2.11 bits per heavy atom. The predicted octanol–water partition coefficient (Wildman–Crippen LogP) is 1.81. The molecule has 1 rings (SSSR count). The molecule has 0 saturated carbocycles. The quantitative estimate of drug-likeness (QED) is 0.509. The Morgan fingerprint density at radius 3 is 2.61 bits per heavy atom. The molecule has 0 heterocycles. The van der Waals surface area contributed by atoms with Crippen LogP contribution in [0.4, 0.5) is 5.69 Å². The number of nitro groups is 1. The van der Waals surface area contributed by atoms with E-state index in [2.05, 4.69) is 4.72 Å². The van der Waals surface area contributed by atoms with Gasteiger partial charge in [0.25, 0.3) is 5.69 Å². The minimum absolute atomic E-state index is 0.103. The van der Waals surface area contributed by atoms with Crippen molar-refractivity contribution in [2.24, 2.45) is 0 Å². The van der Waals surface area contributed by atoms with Crippen molar-refractivity contribution in [2.75, 3.05) is 5.88 Å². The van der Waals surface area contributed by atoms with Gasteiger partial charge in [0, 0.05) is 23.6 Å². The standard InChI is InChI=1S/C10H13ClN2O4S/c1-7(6-11)12-18(16,17)10-5-3-4-9(8(10)2)13(14)15/h3-5,7,12H,6H2,1-2H3. The fourth-order valence-electron chi connectivity index (χ4n) is 1.45. The summed E-state index contributed by atoms with van der Waals surface area (Å²) in [7, 11) is -3.80. The Hall–Kier alpha value is -1.18. The van der Waals surface area contributed by atoms with E-state index in [0.29, 0.717) is 0 Å². The predicted molar refractivity (Wildman–Crippen MR) is 68.3 cm³/mol. The largest absolute Gasteiger partial charge is 0.273 e. The third-order valence-electron chi connectivity index (χ3n) is 2.33. The van der Waals surface area contributed by atoms with E-state index in [0.717, 1.165) is 0 Å². The number of benzene rings is 1. The molecule has 0 saturated heterocycles. The lowest BCUT2D eigenvalue weighted by atomic mass is 10.2. The number of nitrogens with zero attached hydrogens (tertiary/aromatic N) is 1. The Kier molecular flexibility index (Phi) is 4.66. The van der Waals surface area contributed by atoms with Gasteiger partial charge in [0.15, 0.2) is 0 Å². The first-order chi connectivity index (χ1) is 8.29. The molecule has 1 unspecified atom stereocenters. The zero-order valence-electron chi connectivity index (χ0n) is 9.88. The van der Waals surface area contributed by atoms with E-state index in [1.165, 1.54) is 25.1 Å². The Balaban J connectivity index is 3.26. The summed E-state index contributed by atoms with van der Waals surface area (Å²) in [5, 5.41) is 10.7. The van der Waals surface area contributed by atoms with Gasteiger partial charge in [-0.2, -0.15) is 0 Å². The van der Waals surface area contributed by atoms with Crippen LogP contribution in [0.5, 0.6) is 0 Å². The van der Waals surface area contributed by atoms with Gasteiger partial charge in [0.05, 0.1) is 9.82 Å². The Labute approximate surface area is 110 Å². The van der Waals surface area contributed by atoms with Crippen LogP contribution in [-0.4, -0.2) is 25.3 Å². The van der Waals surface area contributed by atoms with Crippen LogP contribution in [0.15, 0.2) is 23.1 Å². The van der Waals surface area contributed by atoms with Crippen LogP contribution < -0.4 is 4.72 Å². The normalized spacial score (nSPS) is 13.3. The van der Waals surface area contributed by atoms with Crippen molar-refractivity contribution in [1.82, 2.24) is 4.72 Å². The smallest absolute Gasteiger partial charge is 0.258 e. The molecule has 0 radical (unpaired) electrons. The Bertz CT molecular complexity index is 559. The number of nitro benzene ring substituents is 1. The van der Waals surface area contributed by atoms with Gasteiger partial charge in [-0.05, 0) is 19.9 Å². The molecule has 0 bridgehead atoms. The van der Waals surface area contributed by atoms with Gasteiger partial charge in [0.1, 0.15) is 0 Å². The Morgan fingerprint density at radius 1 is 1.50 bits per heavy atom. The molecule has 0 aromatic heterocycles. The minimum Gasteiger partial charge on any atom is -0.258 e. The minimum atomic E-state index is -3.80. The first-order valence-electron chi connectivity index (χ1n) is 5.12. The third-order valence-corrected chi connectivity index (χ3v) is 4.53. The molecule has 0 spiro atoms. The van der Waals surface area contributed by atoms with Crippen molar-refractivity contribution in [3.05, 3.63) is 33.9 Å². The summed E-state index contributed by atoms with van der Waals surface area (Å²) in [4.78, 5) is 10.0. The van der Waals surface area contributed by atoms with Crippen LogP contribution in [0.25, 0.3) is 0 Å². The second-order valence-electron chi connectivity index (χ2n) is 3.83. The van der Waals surface area contributed by atoms with Gasteiger partial charge in [-0.15, -0.1) is 11.6 Å². The van der Waals surface area contributed by atoms with E-state index in [9.17, 15) is 18.5 Å². The van der Waals surface area contributed by atoms with Crippen LogP contribution in [-0.2, 0) is 10.0 Å². The van der Waals surface area contributed by atoms with E-state index in [1.807, 2.05) is 0 Å². The highest BCUT2D eigenvalue weighted by atomic mass is 35.5. The monoisotopic (exact) mass is 292 g/mol. The van der Waals surface area contributed by atoms with E-state index < -0.39 is 21.0 Å². The summed E-state index contributed by atoms with van der Waals surface area (Å²) < 4.78 is 26.4. The van der Waals surface area contributed by atoms with Gasteiger partial charge < -0.3 is 0 Å². The molecular weight excluding hydrogens is 280 g/mol. The van der Waals surface area contributed by atoms with Gasteiger partial charge >= 0.3 is 0 Å².